The Morgan fingerprint density at radius 3 is 1.70 bits per heavy atom. The van der Waals surface area contributed by atoms with Gasteiger partial charge in [-0.05, 0) is 102 Å². The van der Waals surface area contributed by atoms with Crippen LogP contribution in [-0.2, 0) is 9.98 Å². The van der Waals surface area contributed by atoms with Gasteiger partial charge in [-0.3, -0.25) is 4.40 Å². The van der Waals surface area contributed by atoms with E-state index < -0.39 is 12.6 Å². The minimum Gasteiger partial charge on any atom is -0.309 e. The van der Waals surface area contributed by atoms with Gasteiger partial charge in [-0.2, -0.15) is 0 Å². The highest BCUT2D eigenvalue weighted by Gasteiger charge is 2.52. The Hall–Kier alpha value is -7.84. The first-order valence-electron chi connectivity index (χ1n) is 22.0. The quantitative estimate of drug-likeness (QED) is 0.131. The van der Waals surface area contributed by atoms with Crippen molar-refractivity contribution >= 4 is 72.2 Å². The van der Waals surface area contributed by atoms with Gasteiger partial charge in [0.15, 0.2) is 7.14 Å². The number of fused-ring (bicyclic) bond motifs is 20. The van der Waals surface area contributed by atoms with Gasteiger partial charge >= 0.3 is 0 Å². The first-order chi connectivity index (χ1) is 31.6. The lowest BCUT2D eigenvalue weighted by Crippen LogP contribution is -2.29. The Balaban J connectivity index is 1.04. The van der Waals surface area contributed by atoms with Gasteiger partial charge in [0, 0.05) is 26.7 Å². The molecule has 0 bridgehead atoms. The fourth-order valence-electron chi connectivity index (χ4n) is 11.5. The van der Waals surface area contributed by atoms with Gasteiger partial charge in [-0.15, -0.1) is 0 Å². The normalized spacial score (nSPS) is 13.5. The van der Waals surface area contributed by atoms with Crippen LogP contribution < -0.4 is 15.9 Å². The van der Waals surface area contributed by atoms with E-state index in [-0.39, 0.29) is 0 Å². The molecule has 64 heavy (non-hydrogen) atoms. The summed E-state index contributed by atoms with van der Waals surface area (Å²) < 4.78 is 18.4. The lowest BCUT2D eigenvalue weighted by molar-refractivity contribution is 0.592. The molecule has 3 nitrogen and oxygen atoms in total. The molecule has 0 fully saturated rings. The highest BCUT2D eigenvalue weighted by atomic mass is 31.2. The molecule has 0 amide bonds. The average Bonchev–Trinajstić information content (AvgIpc) is 4.00. The Morgan fingerprint density at radius 1 is 0.391 bits per heavy atom. The summed E-state index contributed by atoms with van der Waals surface area (Å²) in [5.41, 5.74) is 15.6. The molecule has 0 aliphatic heterocycles. The summed E-state index contributed by atoms with van der Waals surface area (Å²) in [6.45, 7) is 0. The van der Waals surface area contributed by atoms with Gasteiger partial charge in [0.2, 0.25) is 0 Å². The molecule has 10 aromatic carbocycles. The highest BCUT2D eigenvalue weighted by Crippen LogP contribution is 2.63. The first kappa shape index (κ1) is 35.7. The zero-order valence-corrected chi connectivity index (χ0v) is 35.5. The van der Waals surface area contributed by atoms with Crippen molar-refractivity contribution in [1.82, 2.24) is 9.38 Å². The molecule has 0 unspecified atom stereocenters. The molecule has 2 aromatic heterocycles. The van der Waals surface area contributed by atoms with Gasteiger partial charge in [-0.1, -0.05) is 194 Å². The second-order valence-electron chi connectivity index (χ2n) is 17.3. The van der Waals surface area contributed by atoms with Crippen LogP contribution in [0.5, 0.6) is 0 Å². The van der Waals surface area contributed by atoms with Crippen LogP contribution in [0.1, 0.15) is 22.3 Å². The minimum atomic E-state index is -3.28. The number of imidazole rings is 1. The van der Waals surface area contributed by atoms with Gasteiger partial charge in [0.1, 0.15) is 5.65 Å². The van der Waals surface area contributed by atoms with Gasteiger partial charge < -0.3 is 4.57 Å². The van der Waals surface area contributed by atoms with Crippen molar-refractivity contribution in [3.63, 3.8) is 0 Å². The summed E-state index contributed by atoms with van der Waals surface area (Å²) in [7, 11) is -3.28. The van der Waals surface area contributed by atoms with Crippen molar-refractivity contribution in [1.29, 1.82) is 0 Å². The number of nitrogens with zero attached hydrogens (tertiary/aromatic N) is 2. The summed E-state index contributed by atoms with van der Waals surface area (Å²) in [4.78, 5) is 5.31. The van der Waals surface area contributed by atoms with Gasteiger partial charge in [0.05, 0.1) is 22.0 Å². The third-order valence-electron chi connectivity index (χ3n) is 14.3. The van der Waals surface area contributed by atoms with E-state index in [4.69, 9.17) is 4.98 Å². The number of hydrogen-bond donors (Lipinski definition) is 0. The molecular formula is C60H37N2OP. The highest BCUT2D eigenvalue weighted by molar-refractivity contribution is 7.85. The van der Waals surface area contributed by atoms with E-state index in [0.29, 0.717) is 0 Å². The SMILES string of the molecule is O=P(c1ccccc1)(c1ccccc1)c1ccc2c(c1)C1(c3ccccc3-c3ccccc31)c1cc(-c3ccc4c5ccc6ccccc6c5c5nc6ccccc6n5c4c3)ccc1-2. The molecule has 0 saturated carbocycles. The number of pyridine rings is 1. The molecule has 2 heterocycles. The maximum atomic E-state index is 16.0. The second kappa shape index (κ2) is 13.1. The molecule has 0 saturated heterocycles. The Labute approximate surface area is 369 Å². The third-order valence-corrected chi connectivity index (χ3v) is 17.3. The molecule has 4 heteroatoms. The first-order valence-corrected chi connectivity index (χ1v) is 23.7. The molecule has 1 spiro atoms. The summed E-state index contributed by atoms with van der Waals surface area (Å²) >= 11 is 0. The lowest BCUT2D eigenvalue weighted by Gasteiger charge is -2.31. The summed E-state index contributed by atoms with van der Waals surface area (Å²) in [6, 6.07) is 80.2. The second-order valence-corrected chi connectivity index (χ2v) is 20.1. The molecule has 0 radical (unpaired) electrons. The zero-order chi connectivity index (χ0) is 42.1. The fraction of sp³-hybridized carbons (Fsp3) is 0.0167. The average molecular weight is 833 g/mol. The Kier molecular flexibility index (Phi) is 7.31. The number of aromatic nitrogens is 2. The van der Waals surface area contributed by atoms with E-state index >= 15 is 4.57 Å². The topological polar surface area (TPSA) is 34.4 Å². The Morgan fingerprint density at radius 2 is 0.953 bits per heavy atom. The number of para-hydroxylation sites is 2. The molecule has 14 rings (SSSR count). The molecule has 298 valence electrons. The number of hydrogen-bond acceptors (Lipinski definition) is 2. The van der Waals surface area contributed by atoms with Gasteiger partial charge in [-0.25, -0.2) is 4.98 Å². The molecule has 12 aromatic rings. The van der Waals surface area contributed by atoms with Crippen molar-refractivity contribution in [2.75, 3.05) is 0 Å². The third kappa shape index (κ3) is 4.61. The maximum Gasteiger partial charge on any atom is 0.171 e. The predicted molar refractivity (Wildman–Crippen MR) is 266 cm³/mol. The fourth-order valence-corrected chi connectivity index (χ4v) is 14.2. The van der Waals surface area contributed by atoms with Crippen LogP contribution in [0.2, 0.25) is 0 Å². The maximum absolute atomic E-state index is 16.0. The van der Waals surface area contributed by atoms with Gasteiger partial charge in [0.25, 0.3) is 0 Å². The van der Waals surface area contributed by atoms with Crippen molar-refractivity contribution in [3.8, 4) is 33.4 Å². The van der Waals surface area contributed by atoms with Crippen molar-refractivity contribution in [2.45, 2.75) is 5.41 Å². The van der Waals surface area contributed by atoms with Crippen LogP contribution in [-0.4, -0.2) is 9.38 Å². The van der Waals surface area contributed by atoms with Crippen molar-refractivity contribution in [3.05, 3.63) is 247 Å². The standard InChI is InChI=1S/C60H37N2OP/c63-64(41-16-3-1-4-17-41,42-18-5-2-6-19-42)43-30-34-48-47-31-28-39(35-53(47)60(54(48)37-43)51-23-11-9-21-45(51)46-22-10-12-24-52(46)60)40-29-32-49-50-33-27-38-15-7-8-20-44(38)58(50)59-61-55-25-13-14-26-56(55)62(59)57(49)36-40/h1-37H. The minimum absolute atomic E-state index is 0.635. The lowest BCUT2D eigenvalue weighted by atomic mass is 9.70. The van der Waals surface area contributed by atoms with Crippen molar-refractivity contribution < 1.29 is 4.57 Å². The van der Waals surface area contributed by atoms with Crippen LogP contribution in [0.3, 0.4) is 0 Å². The van der Waals surface area contributed by atoms with E-state index in [9.17, 15) is 0 Å². The number of benzene rings is 10. The van der Waals surface area contributed by atoms with E-state index in [1.807, 2.05) is 60.7 Å². The van der Waals surface area contributed by atoms with E-state index in [1.54, 1.807) is 0 Å². The van der Waals surface area contributed by atoms with Crippen LogP contribution in [0, 0.1) is 0 Å². The predicted octanol–water partition coefficient (Wildman–Crippen LogP) is 13.6. The van der Waals surface area contributed by atoms with Crippen LogP contribution in [0.4, 0.5) is 0 Å². The smallest absolute Gasteiger partial charge is 0.171 e. The van der Waals surface area contributed by atoms with E-state index in [0.717, 1.165) is 49.2 Å². The van der Waals surface area contributed by atoms with E-state index in [1.165, 1.54) is 71.4 Å². The molecular weight excluding hydrogens is 796 g/mol. The summed E-state index contributed by atoms with van der Waals surface area (Å²) in [5, 5.41) is 8.48. The molecule has 2 aliphatic carbocycles. The van der Waals surface area contributed by atoms with Crippen LogP contribution in [0.25, 0.3) is 82.5 Å². The monoisotopic (exact) mass is 832 g/mol. The van der Waals surface area contributed by atoms with Crippen LogP contribution in [0.15, 0.2) is 224 Å². The summed E-state index contributed by atoms with van der Waals surface area (Å²) in [5.74, 6) is 0. The number of rotatable bonds is 4. The zero-order valence-electron chi connectivity index (χ0n) is 34.6. The molecule has 0 atom stereocenters. The summed E-state index contributed by atoms with van der Waals surface area (Å²) in [6.07, 6.45) is 0. The van der Waals surface area contributed by atoms with Crippen molar-refractivity contribution in [2.24, 2.45) is 0 Å². The molecule has 0 N–H and O–H groups in total. The molecule has 2 aliphatic rings. The Bertz CT molecular complexity index is 3910. The van der Waals surface area contributed by atoms with Crippen LogP contribution >= 0.6 is 7.14 Å². The van der Waals surface area contributed by atoms with E-state index in [2.05, 4.69) is 168 Å². The largest absolute Gasteiger partial charge is 0.309 e.